The topological polar surface area (TPSA) is 185 Å². The van der Waals surface area contributed by atoms with Gasteiger partial charge >= 0.3 is 13.7 Å². The number of carbonyl (C=O) groups excluding carboxylic acids is 1. The number of nitrogens with one attached hydrogen (secondary N) is 2. The van der Waals surface area contributed by atoms with E-state index in [-0.39, 0.29) is 24.9 Å². The van der Waals surface area contributed by atoms with Gasteiger partial charge in [-0.2, -0.15) is 15.1 Å². The van der Waals surface area contributed by atoms with Gasteiger partial charge in [0.15, 0.2) is 17.0 Å². The number of aliphatic hydroxyl groups excluding tert-OH is 1. The minimum atomic E-state index is -4.15. The zero-order valence-corrected chi connectivity index (χ0v) is 23.6. The number of aromatic nitrogens is 4. The first-order valence-electron chi connectivity index (χ1n) is 13.4. The first kappa shape index (κ1) is 29.0. The van der Waals surface area contributed by atoms with E-state index in [0.717, 1.165) is 12.8 Å². The van der Waals surface area contributed by atoms with Gasteiger partial charge in [-0.25, -0.2) is 9.55 Å². The largest absolute Gasteiger partial charge is 0.465 e. The van der Waals surface area contributed by atoms with E-state index in [0.29, 0.717) is 23.0 Å². The van der Waals surface area contributed by atoms with E-state index < -0.39 is 44.1 Å². The molecule has 1 aliphatic heterocycles. The number of esters is 1. The maximum absolute atomic E-state index is 13.8. The van der Waals surface area contributed by atoms with Crippen LogP contribution >= 0.6 is 7.75 Å². The van der Waals surface area contributed by atoms with Crippen LogP contribution in [0.2, 0.25) is 0 Å². The van der Waals surface area contributed by atoms with Gasteiger partial charge in [-0.15, -0.1) is 6.58 Å². The Bertz CT molecular complexity index is 1430. The van der Waals surface area contributed by atoms with Crippen LogP contribution in [-0.4, -0.2) is 68.1 Å². The predicted molar refractivity (Wildman–Crippen MR) is 150 cm³/mol. The van der Waals surface area contributed by atoms with Crippen LogP contribution in [0.15, 0.2) is 49.3 Å². The van der Waals surface area contributed by atoms with Crippen LogP contribution in [0.3, 0.4) is 0 Å². The molecule has 1 aliphatic carbocycles. The van der Waals surface area contributed by atoms with Crippen molar-refractivity contribution in [2.75, 3.05) is 24.3 Å². The van der Waals surface area contributed by atoms with E-state index in [1.54, 1.807) is 54.2 Å². The highest BCUT2D eigenvalue weighted by Gasteiger charge is 2.45. The Hall–Kier alpha value is -3.55. The fourth-order valence-corrected chi connectivity index (χ4v) is 5.99. The van der Waals surface area contributed by atoms with E-state index >= 15 is 0 Å². The minimum absolute atomic E-state index is 0.0665. The van der Waals surface area contributed by atoms with Crippen molar-refractivity contribution in [2.45, 2.75) is 57.2 Å². The Labute approximate surface area is 236 Å². The smallest absolute Gasteiger partial charge is 0.459 e. The summed E-state index contributed by atoms with van der Waals surface area (Å²) in [7, 11) is -4.15. The van der Waals surface area contributed by atoms with E-state index in [2.05, 4.69) is 31.9 Å². The second-order valence-corrected chi connectivity index (χ2v) is 11.5. The summed E-state index contributed by atoms with van der Waals surface area (Å²) >= 11 is 0. The molecule has 2 aliphatic rings. The number of para-hydroxylation sites is 1. The maximum Gasteiger partial charge on any atom is 0.459 e. The number of rotatable bonds is 13. The van der Waals surface area contributed by atoms with Gasteiger partial charge in [0.25, 0.3) is 0 Å². The third kappa shape index (κ3) is 6.52. The number of nitrogen functional groups attached to an aromatic ring is 1. The van der Waals surface area contributed by atoms with E-state index in [1.165, 1.54) is 6.92 Å². The van der Waals surface area contributed by atoms with E-state index in [1.807, 2.05) is 0 Å². The fraction of sp³-hybridized carbons (Fsp3) is 0.462. The molecule has 3 aromatic rings. The van der Waals surface area contributed by atoms with Gasteiger partial charge in [-0.1, -0.05) is 24.3 Å². The van der Waals surface area contributed by atoms with Crippen molar-refractivity contribution < 1.29 is 33.0 Å². The van der Waals surface area contributed by atoms with Gasteiger partial charge in [0.2, 0.25) is 5.95 Å². The molecule has 1 saturated heterocycles. The Morgan fingerprint density at radius 1 is 1.34 bits per heavy atom. The number of hydrogen-bond acceptors (Lipinski definition) is 12. The summed E-state index contributed by atoms with van der Waals surface area (Å²) in [6, 6.07) is 7.69. The van der Waals surface area contributed by atoms with Crippen molar-refractivity contribution >= 4 is 36.6 Å². The summed E-state index contributed by atoms with van der Waals surface area (Å²) in [5.41, 5.74) is 6.93. The van der Waals surface area contributed by atoms with Gasteiger partial charge in [0.05, 0.1) is 31.6 Å². The van der Waals surface area contributed by atoms with E-state index in [4.69, 9.17) is 24.3 Å². The molecule has 6 atom stereocenters. The Kier molecular flexibility index (Phi) is 8.57. The summed E-state index contributed by atoms with van der Waals surface area (Å²) in [5, 5.41) is 17.1. The van der Waals surface area contributed by atoms with Gasteiger partial charge in [-0.3, -0.25) is 13.9 Å². The number of fused-ring (bicyclic) bond motifs is 1. The number of ether oxygens (including phenoxy) is 2. The van der Waals surface area contributed by atoms with Crippen molar-refractivity contribution in [1.29, 1.82) is 0 Å². The average Bonchev–Trinajstić information content (AvgIpc) is 3.57. The molecule has 1 unspecified atom stereocenters. The highest BCUT2D eigenvalue weighted by molar-refractivity contribution is 7.52. The molecule has 2 aromatic heterocycles. The molecule has 14 nitrogen and oxygen atoms in total. The molecule has 0 radical (unpaired) electrons. The molecular weight excluding hydrogens is 553 g/mol. The van der Waals surface area contributed by atoms with Crippen molar-refractivity contribution in [3.8, 4) is 5.75 Å². The van der Waals surface area contributed by atoms with Crippen LogP contribution in [0, 0.1) is 5.92 Å². The SMILES string of the molecule is C=C[C@H]1[C@H](O)[C@@H](COP(=O)(N[C@@H](C)C(=O)OCC)Oc2ccccc2)O[C@H]1n1cnc2c(NC3CC3)nc(N)nc21. The molecule has 0 bridgehead atoms. The highest BCUT2D eigenvalue weighted by Crippen LogP contribution is 2.47. The average molecular weight is 588 g/mol. The number of imidazole rings is 1. The molecule has 5 N–H and O–H groups in total. The summed E-state index contributed by atoms with van der Waals surface area (Å²) < 4.78 is 38.1. The Balaban J connectivity index is 1.35. The quantitative estimate of drug-likeness (QED) is 0.130. The number of benzene rings is 1. The number of nitrogens with zero attached hydrogens (tertiary/aromatic N) is 4. The number of anilines is 2. The van der Waals surface area contributed by atoms with Crippen LogP contribution in [0.25, 0.3) is 11.2 Å². The normalized spacial score (nSPS) is 24.5. The van der Waals surface area contributed by atoms with Crippen LogP contribution < -0.4 is 20.7 Å². The summed E-state index contributed by atoms with van der Waals surface area (Å²) in [4.78, 5) is 25.4. The second kappa shape index (κ2) is 12.1. The molecule has 2 fully saturated rings. The van der Waals surface area contributed by atoms with Crippen LogP contribution in [0.1, 0.15) is 32.9 Å². The van der Waals surface area contributed by atoms with Crippen molar-refractivity contribution in [1.82, 2.24) is 24.6 Å². The minimum Gasteiger partial charge on any atom is -0.465 e. The monoisotopic (exact) mass is 587 g/mol. The lowest BCUT2D eigenvalue weighted by molar-refractivity contribution is -0.144. The number of hydrogen-bond donors (Lipinski definition) is 4. The van der Waals surface area contributed by atoms with Gasteiger partial charge in [-0.05, 0) is 38.8 Å². The summed E-state index contributed by atoms with van der Waals surface area (Å²) in [5.74, 6) is -0.370. The number of carbonyl (C=O) groups is 1. The van der Waals surface area contributed by atoms with Crippen molar-refractivity contribution in [3.05, 3.63) is 49.3 Å². The second-order valence-electron chi connectivity index (χ2n) is 9.84. The zero-order chi connectivity index (χ0) is 29.1. The fourth-order valence-electron chi connectivity index (χ4n) is 4.49. The van der Waals surface area contributed by atoms with Gasteiger partial charge in [0.1, 0.15) is 24.1 Å². The lowest BCUT2D eigenvalue weighted by Crippen LogP contribution is -2.36. The standard InChI is InChI=1S/C26H34N7O7P/c1-4-18-21(34)19(13-38-41(36,32-15(3)25(35)37-5-2)40-17-9-7-6-8-10-17)39-24(18)33-14-28-20-22(29-16-11-12-16)30-26(27)31-23(20)33/h4,6-10,14-16,18-19,21,24,34H,1,5,11-13H2,2-3H3,(H,32,36)(H3,27,29,30,31)/t15-,18-,19+,21-,24+,41?/m0/s1. The molecule has 5 rings (SSSR count). The highest BCUT2D eigenvalue weighted by atomic mass is 31.2. The Morgan fingerprint density at radius 2 is 2.10 bits per heavy atom. The van der Waals surface area contributed by atoms with Gasteiger partial charge < -0.3 is 30.2 Å². The molecular formula is C26H34N7O7P. The lowest BCUT2D eigenvalue weighted by Gasteiger charge is -2.24. The molecule has 3 heterocycles. The van der Waals surface area contributed by atoms with Crippen LogP contribution in [0.4, 0.5) is 11.8 Å². The molecule has 0 spiro atoms. The molecule has 1 aromatic carbocycles. The molecule has 41 heavy (non-hydrogen) atoms. The molecule has 1 saturated carbocycles. The number of aliphatic hydroxyl groups is 1. The first-order chi connectivity index (χ1) is 19.7. The third-order valence-corrected chi connectivity index (χ3v) is 8.34. The maximum atomic E-state index is 13.8. The third-order valence-electron chi connectivity index (χ3n) is 6.69. The van der Waals surface area contributed by atoms with Crippen molar-refractivity contribution in [2.24, 2.45) is 5.92 Å². The lowest BCUT2D eigenvalue weighted by atomic mass is 10.00. The summed E-state index contributed by atoms with van der Waals surface area (Å²) in [6.45, 7) is 6.83. The van der Waals surface area contributed by atoms with E-state index in [9.17, 15) is 14.5 Å². The van der Waals surface area contributed by atoms with Crippen LogP contribution in [0.5, 0.6) is 5.75 Å². The zero-order valence-electron chi connectivity index (χ0n) is 22.8. The van der Waals surface area contributed by atoms with Crippen LogP contribution in [-0.2, 0) is 23.4 Å². The number of nitrogens with two attached hydrogens (primary N) is 1. The first-order valence-corrected chi connectivity index (χ1v) is 14.9. The predicted octanol–water partition coefficient (Wildman–Crippen LogP) is 2.79. The molecule has 220 valence electrons. The Morgan fingerprint density at radius 3 is 2.78 bits per heavy atom. The van der Waals surface area contributed by atoms with Crippen molar-refractivity contribution in [3.63, 3.8) is 0 Å². The van der Waals surface area contributed by atoms with Gasteiger partial charge in [0, 0.05) is 6.04 Å². The molecule has 15 heteroatoms. The summed E-state index contributed by atoms with van der Waals surface area (Å²) in [6.07, 6.45) is 2.37. The molecule has 0 amide bonds.